The Morgan fingerprint density at radius 2 is 1.68 bits per heavy atom. The number of hydrogen-bond acceptors (Lipinski definition) is 6. The van der Waals surface area contributed by atoms with Crippen LogP contribution < -0.4 is 10.1 Å². The van der Waals surface area contributed by atoms with Gasteiger partial charge in [0.25, 0.3) is 0 Å². The van der Waals surface area contributed by atoms with Crippen molar-refractivity contribution in [2.45, 2.75) is 25.5 Å². The SMILES string of the molecule is CN1CCC(n2cc(Nc3ncc(OCc4c(F)c(F)cc(F)c4F)cn3)cn2)CC1. The number of anilines is 2. The molecule has 1 fully saturated rings. The largest absolute Gasteiger partial charge is 0.485 e. The fourth-order valence-electron chi connectivity index (χ4n) is 3.35. The number of ether oxygens (including phenoxy) is 1. The molecule has 3 aromatic rings. The topological polar surface area (TPSA) is 68.1 Å². The first-order valence-corrected chi connectivity index (χ1v) is 9.67. The monoisotopic (exact) mass is 436 g/mol. The van der Waals surface area contributed by atoms with Crippen LogP contribution >= 0.6 is 0 Å². The summed E-state index contributed by atoms with van der Waals surface area (Å²) in [5.74, 6) is -5.64. The molecule has 1 aromatic carbocycles. The van der Waals surface area contributed by atoms with Crippen molar-refractivity contribution in [2.75, 3.05) is 25.5 Å². The van der Waals surface area contributed by atoms with Crippen LogP contribution in [0.5, 0.6) is 5.75 Å². The highest BCUT2D eigenvalue weighted by atomic mass is 19.2. The number of rotatable bonds is 6. The molecule has 0 atom stereocenters. The number of aromatic nitrogens is 4. The summed E-state index contributed by atoms with van der Waals surface area (Å²) in [7, 11) is 2.10. The van der Waals surface area contributed by atoms with E-state index < -0.39 is 35.4 Å². The average Bonchev–Trinajstić information content (AvgIpc) is 3.22. The number of nitrogens with one attached hydrogen (secondary N) is 1. The molecule has 0 amide bonds. The van der Waals surface area contributed by atoms with Crippen LogP contribution in [-0.2, 0) is 6.61 Å². The molecule has 0 bridgehead atoms. The summed E-state index contributed by atoms with van der Waals surface area (Å²) in [5.41, 5.74) is -0.131. The van der Waals surface area contributed by atoms with Gasteiger partial charge in [0.05, 0.1) is 35.9 Å². The van der Waals surface area contributed by atoms with Gasteiger partial charge in [0, 0.05) is 12.3 Å². The smallest absolute Gasteiger partial charge is 0.227 e. The Hall–Kier alpha value is -3.21. The predicted octanol–water partition coefficient (Wildman–Crippen LogP) is 3.82. The van der Waals surface area contributed by atoms with E-state index in [2.05, 4.69) is 32.3 Å². The molecule has 1 saturated heterocycles. The molecule has 164 valence electrons. The number of piperidine rings is 1. The zero-order chi connectivity index (χ0) is 22.0. The Kier molecular flexibility index (Phi) is 6.03. The molecular formula is C20H20F4N6O. The van der Waals surface area contributed by atoms with Gasteiger partial charge in [-0.05, 0) is 33.0 Å². The molecule has 3 heterocycles. The molecule has 4 rings (SSSR count). The lowest BCUT2D eigenvalue weighted by molar-refractivity contribution is 0.212. The summed E-state index contributed by atoms with van der Waals surface area (Å²) in [6.07, 6.45) is 8.17. The maximum atomic E-state index is 13.7. The van der Waals surface area contributed by atoms with Crippen molar-refractivity contribution in [3.8, 4) is 5.75 Å². The van der Waals surface area contributed by atoms with Crippen molar-refractivity contribution in [1.82, 2.24) is 24.6 Å². The second kappa shape index (κ2) is 8.88. The van der Waals surface area contributed by atoms with Gasteiger partial charge in [-0.2, -0.15) is 5.10 Å². The molecule has 0 unspecified atom stereocenters. The van der Waals surface area contributed by atoms with E-state index in [0.29, 0.717) is 11.7 Å². The highest BCUT2D eigenvalue weighted by molar-refractivity contribution is 5.50. The molecular weight excluding hydrogens is 416 g/mol. The number of likely N-dealkylation sites (tertiary alicyclic amines) is 1. The fraction of sp³-hybridized carbons (Fsp3) is 0.350. The van der Waals surface area contributed by atoms with Crippen LogP contribution in [0.4, 0.5) is 29.2 Å². The summed E-state index contributed by atoms with van der Waals surface area (Å²) >= 11 is 0. The zero-order valence-electron chi connectivity index (χ0n) is 16.7. The summed E-state index contributed by atoms with van der Waals surface area (Å²) in [6.45, 7) is 1.33. The van der Waals surface area contributed by atoms with Gasteiger partial charge in [0.1, 0.15) is 6.61 Å². The average molecular weight is 436 g/mol. The molecule has 0 aliphatic carbocycles. The van der Waals surface area contributed by atoms with E-state index in [1.165, 1.54) is 12.4 Å². The van der Waals surface area contributed by atoms with Crippen LogP contribution in [0, 0.1) is 23.3 Å². The maximum absolute atomic E-state index is 13.7. The quantitative estimate of drug-likeness (QED) is 0.468. The van der Waals surface area contributed by atoms with Gasteiger partial charge in [0.2, 0.25) is 5.95 Å². The van der Waals surface area contributed by atoms with E-state index in [1.807, 2.05) is 10.9 Å². The molecule has 7 nitrogen and oxygen atoms in total. The van der Waals surface area contributed by atoms with Gasteiger partial charge >= 0.3 is 0 Å². The normalized spacial score (nSPS) is 15.3. The van der Waals surface area contributed by atoms with Crippen LogP contribution in [0.1, 0.15) is 24.4 Å². The zero-order valence-corrected chi connectivity index (χ0v) is 16.7. The number of hydrogen-bond donors (Lipinski definition) is 1. The third-order valence-corrected chi connectivity index (χ3v) is 5.13. The molecule has 0 saturated carbocycles. The van der Waals surface area contributed by atoms with Crippen molar-refractivity contribution in [3.63, 3.8) is 0 Å². The third-order valence-electron chi connectivity index (χ3n) is 5.13. The Morgan fingerprint density at radius 3 is 2.32 bits per heavy atom. The van der Waals surface area contributed by atoms with Crippen molar-refractivity contribution in [2.24, 2.45) is 0 Å². The lowest BCUT2D eigenvalue weighted by atomic mass is 10.1. The summed E-state index contributed by atoms with van der Waals surface area (Å²) in [5, 5.41) is 7.41. The molecule has 0 radical (unpaired) electrons. The first-order chi connectivity index (χ1) is 14.9. The van der Waals surface area contributed by atoms with Crippen molar-refractivity contribution >= 4 is 11.6 Å². The van der Waals surface area contributed by atoms with Gasteiger partial charge in [0.15, 0.2) is 29.0 Å². The predicted molar refractivity (Wildman–Crippen MR) is 104 cm³/mol. The van der Waals surface area contributed by atoms with Crippen molar-refractivity contribution < 1.29 is 22.3 Å². The molecule has 11 heteroatoms. The Bertz CT molecular complexity index is 1020. The van der Waals surface area contributed by atoms with Crippen LogP contribution in [0.25, 0.3) is 0 Å². The fourth-order valence-corrected chi connectivity index (χ4v) is 3.35. The van der Waals surface area contributed by atoms with Gasteiger partial charge in [-0.15, -0.1) is 0 Å². The Morgan fingerprint density at radius 1 is 1.03 bits per heavy atom. The van der Waals surface area contributed by atoms with Crippen LogP contribution in [-0.4, -0.2) is 44.8 Å². The molecule has 1 aliphatic heterocycles. The van der Waals surface area contributed by atoms with Crippen molar-refractivity contribution in [3.05, 3.63) is 59.7 Å². The van der Waals surface area contributed by atoms with Gasteiger partial charge in [-0.25, -0.2) is 27.5 Å². The molecule has 1 N–H and O–H groups in total. The number of nitrogens with zero attached hydrogens (tertiary/aromatic N) is 5. The number of benzene rings is 1. The van der Waals surface area contributed by atoms with Crippen molar-refractivity contribution in [1.29, 1.82) is 0 Å². The minimum Gasteiger partial charge on any atom is -0.485 e. The number of halogens is 4. The molecule has 31 heavy (non-hydrogen) atoms. The molecule has 0 spiro atoms. The lowest BCUT2D eigenvalue weighted by Gasteiger charge is -2.28. The summed E-state index contributed by atoms with van der Waals surface area (Å²) < 4.78 is 61.0. The van der Waals surface area contributed by atoms with Gasteiger partial charge < -0.3 is 15.0 Å². The van der Waals surface area contributed by atoms with Crippen LogP contribution in [0.3, 0.4) is 0 Å². The van der Waals surface area contributed by atoms with Crippen LogP contribution in [0.2, 0.25) is 0 Å². The second-order valence-electron chi connectivity index (χ2n) is 7.35. The van der Waals surface area contributed by atoms with E-state index >= 15 is 0 Å². The highest BCUT2D eigenvalue weighted by Gasteiger charge is 2.20. The van der Waals surface area contributed by atoms with E-state index in [1.54, 1.807) is 6.20 Å². The minimum absolute atomic E-state index is 0.0797. The summed E-state index contributed by atoms with van der Waals surface area (Å²) in [6, 6.07) is 0.490. The maximum Gasteiger partial charge on any atom is 0.227 e. The summed E-state index contributed by atoms with van der Waals surface area (Å²) in [4.78, 5) is 10.4. The second-order valence-corrected chi connectivity index (χ2v) is 7.35. The Balaban J connectivity index is 1.36. The molecule has 1 aliphatic rings. The van der Waals surface area contributed by atoms with Gasteiger partial charge in [-0.1, -0.05) is 0 Å². The molecule has 2 aromatic heterocycles. The van der Waals surface area contributed by atoms with E-state index in [-0.39, 0.29) is 17.8 Å². The van der Waals surface area contributed by atoms with Gasteiger partial charge in [-0.3, -0.25) is 4.68 Å². The highest BCUT2D eigenvalue weighted by Crippen LogP contribution is 2.24. The standard InChI is InChI=1S/C20H20F4N6O/c1-29-4-2-13(3-5-29)30-10-12(7-27-30)28-20-25-8-14(9-26-20)31-11-15-18(23)16(21)6-17(22)19(15)24/h6-10,13H,2-5,11H2,1H3,(H,25,26,28). The minimum atomic E-state index is -1.50. The van der Waals surface area contributed by atoms with E-state index in [4.69, 9.17) is 4.74 Å². The third kappa shape index (κ3) is 4.76. The first kappa shape index (κ1) is 21.0. The van der Waals surface area contributed by atoms with E-state index in [9.17, 15) is 17.6 Å². The first-order valence-electron chi connectivity index (χ1n) is 9.67. The Labute approximate surface area is 175 Å². The lowest BCUT2D eigenvalue weighted by Crippen LogP contribution is -2.31. The van der Waals surface area contributed by atoms with E-state index in [0.717, 1.165) is 25.9 Å². The van der Waals surface area contributed by atoms with Crippen LogP contribution in [0.15, 0.2) is 30.9 Å².